The molecule has 8 N–H and O–H groups in total. The third-order valence-electron chi connectivity index (χ3n) is 8.39. The van der Waals surface area contributed by atoms with Gasteiger partial charge in [0.1, 0.15) is 5.82 Å². The summed E-state index contributed by atoms with van der Waals surface area (Å²) < 4.78 is 0. The average Bonchev–Trinajstić information content (AvgIpc) is 3.23. The molecule has 0 atom stereocenters. The normalized spacial score (nSPS) is 11.2. The van der Waals surface area contributed by atoms with E-state index in [1.165, 1.54) is 24.3 Å². The van der Waals surface area contributed by atoms with E-state index in [-0.39, 0.29) is 11.6 Å². The number of pyridine rings is 1. The lowest BCUT2D eigenvalue weighted by atomic mass is 10.0. The Kier molecular flexibility index (Phi) is 12.7. The van der Waals surface area contributed by atoms with E-state index in [1.807, 2.05) is 54.6 Å². The van der Waals surface area contributed by atoms with E-state index >= 15 is 0 Å². The van der Waals surface area contributed by atoms with E-state index in [0.717, 1.165) is 16.7 Å². The minimum Gasteiger partial charge on any atom is -0.397 e. The van der Waals surface area contributed by atoms with E-state index in [2.05, 4.69) is 36.2 Å². The van der Waals surface area contributed by atoms with Crippen molar-refractivity contribution in [3.05, 3.63) is 172 Å². The second kappa shape index (κ2) is 18.8. The van der Waals surface area contributed by atoms with Gasteiger partial charge in [-0.3, -0.25) is 19.7 Å². The molecule has 57 heavy (non-hydrogen) atoms. The number of nitro groups is 1. The monoisotopic (exact) mass is 758 g/mol. The lowest BCUT2D eigenvalue weighted by molar-refractivity contribution is -0.384. The molecule has 0 unspecified atom stereocenters. The number of nitrogen functional groups attached to an aromatic ring is 2. The summed E-state index contributed by atoms with van der Waals surface area (Å²) in [4.78, 5) is 49.1. The molecule has 2 heterocycles. The molecule has 2 amide bonds. The van der Waals surface area contributed by atoms with Gasteiger partial charge in [0, 0.05) is 67.1 Å². The van der Waals surface area contributed by atoms with Gasteiger partial charge < -0.3 is 32.7 Å². The summed E-state index contributed by atoms with van der Waals surface area (Å²) in [7, 11) is 0. The molecular weight excluding hydrogens is 721 g/mol. The van der Waals surface area contributed by atoms with Crippen LogP contribution in [0.15, 0.2) is 140 Å². The van der Waals surface area contributed by atoms with Crippen LogP contribution in [0.25, 0.3) is 29.4 Å². The van der Waals surface area contributed by atoms with Gasteiger partial charge in [-0.15, -0.1) is 0 Å². The maximum Gasteiger partial charge on any atom is 0.269 e. The van der Waals surface area contributed by atoms with Crippen LogP contribution in [0.2, 0.25) is 0 Å². The van der Waals surface area contributed by atoms with Gasteiger partial charge in [-0.05, 0) is 64.7 Å². The minimum absolute atomic E-state index is 0.0150. The number of nitrogens with two attached hydrogens (primary N) is 2. The lowest BCUT2D eigenvalue weighted by Crippen LogP contribution is -2.11. The van der Waals surface area contributed by atoms with Gasteiger partial charge in [0.25, 0.3) is 5.69 Å². The van der Waals surface area contributed by atoms with Crippen molar-refractivity contribution in [3.8, 4) is 11.1 Å². The summed E-state index contributed by atoms with van der Waals surface area (Å²) in [6, 6.07) is 30.3. The molecule has 14 nitrogen and oxygen atoms in total. The fraction of sp³-hybridized carbons (Fsp3) is 0.0465. The Hall–Kier alpha value is -8.13. The van der Waals surface area contributed by atoms with Crippen molar-refractivity contribution in [1.82, 2.24) is 15.0 Å². The molecule has 2 aromatic heterocycles. The molecule has 0 saturated heterocycles. The second-order valence-corrected chi connectivity index (χ2v) is 12.5. The van der Waals surface area contributed by atoms with Crippen LogP contribution in [0, 0.1) is 10.1 Å². The Labute approximate surface area is 328 Å². The highest BCUT2D eigenvalue weighted by Gasteiger charge is 2.13. The van der Waals surface area contributed by atoms with E-state index in [0.29, 0.717) is 64.3 Å². The van der Waals surface area contributed by atoms with E-state index in [4.69, 9.17) is 11.5 Å². The zero-order valence-electron chi connectivity index (χ0n) is 30.5. The van der Waals surface area contributed by atoms with Crippen LogP contribution in [-0.4, -0.2) is 38.2 Å². The third-order valence-corrected chi connectivity index (χ3v) is 8.39. The van der Waals surface area contributed by atoms with Gasteiger partial charge in [0.2, 0.25) is 17.8 Å². The molecule has 0 fully saturated rings. The van der Waals surface area contributed by atoms with Crippen LogP contribution in [0.1, 0.15) is 22.3 Å². The number of hydrogen-bond acceptors (Lipinski definition) is 11. The lowest BCUT2D eigenvalue weighted by Gasteiger charge is -2.15. The van der Waals surface area contributed by atoms with Crippen molar-refractivity contribution in [2.75, 3.05) is 39.3 Å². The summed E-state index contributed by atoms with van der Waals surface area (Å²) in [5.74, 6) is 0.266. The molecule has 0 aliphatic carbocycles. The number of rotatable bonds is 15. The highest BCUT2D eigenvalue weighted by Crippen LogP contribution is 2.35. The predicted octanol–water partition coefficient (Wildman–Crippen LogP) is 7.65. The van der Waals surface area contributed by atoms with Gasteiger partial charge in [0.15, 0.2) is 0 Å². The number of para-hydroxylation sites is 1. The Bertz CT molecular complexity index is 2430. The smallest absolute Gasteiger partial charge is 0.269 e. The van der Waals surface area contributed by atoms with E-state index in [1.54, 1.807) is 79.3 Å². The number of nitrogens with one attached hydrogen (secondary N) is 4. The van der Waals surface area contributed by atoms with Crippen LogP contribution >= 0.6 is 0 Å². The number of carbonyl (C=O) groups is 2. The number of anilines is 6. The zero-order chi connectivity index (χ0) is 40.0. The molecule has 0 saturated carbocycles. The van der Waals surface area contributed by atoms with Crippen molar-refractivity contribution >= 4 is 70.2 Å². The standard InChI is InChI=1S/C43H38N10O4/c44-36-10-4-9-35(42(36)52-41(55)22-15-32-27-49-43(50-28-32)48-26-30-11-17-34(18-12-30)53(56)57)33-16-19-38(37(45)24-33)51-40(54)21-14-31-13-20-39(47-25-31)46-23-5-8-29-6-2-1-3-7-29/h1-22,24-25,27-28H,23,26,44-45H2,(H,46,47)(H,51,54)(H,52,55)(H,48,49,50)/b8-5+,21-14+,22-15+. The fourth-order valence-electron chi connectivity index (χ4n) is 5.44. The van der Waals surface area contributed by atoms with Crippen molar-refractivity contribution in [1.29, 1.82) is 0 Å². The van der Waals surface area contributed by atoms with E-state index in [9.17, 15) is 19.7 Å². The van der Waals surface area contributed by atoms with Crippen molar-refractivity contribution in [3.63, 3.8) is 0 Å². The Morgan fingerprint density at radius 1 is 0.684 bits per heavy atom. The van der Waals surface area contributed by atoms with E-state index < -0.39 is 10.8 Å². The van der Waals surface area contributed by atoms with Crippen molar-refractivity contribution in [2.24, 2.45) is 0 Å². The average molecular weight is 759 g/mol. The Balaban J connectivity index is 1.01. The highest BCUT2D eigenvalue weighted by atomic mass is 16.6. The number of non-ortho nitro benzene ring substituents is 1. The number of nitro benzene ring substituents is 1. The number of nitrogens with zero attached hydrogens (tertiary/aromatic N) is 4. The third kappa shape index (κ3) is 11.2. The maximum atomic E-state index is 13.0. The molecule has 0 spiro atoms. The molecule has 4 aromatic carbocycles. The molecule has 0 radical (unpaired) electrons. The predicted molar refractivity (Wildman–Crippen MR) is 227 cm³/mol. The first-order valence-electron chi connectivity index (χ1n) is 17.7. The molecule has 0 aliphatic rings. The minimum atomic E-state index is -0.453. The first kappa shape index (κ1) is 38.6. The maximum absolute atomic E-state index is 13.0. The molecular formula is C43H38N10O4. The first-order chi connectivity index (χ1) is 27.7. The van der Waals surface area contributed by atoms with Crippen molar-refractivity contribution < 1.29 is 14.5 Å². The largest absolute Gasteiger partial charge is 0.397 e. The number of aromatic nitrogens is 3. The number of benzene rings is 4. The topological polar surface area (TPSA) is 216 Å². The summed E-state index contributed by atoms with van der Waals surface area (Å²) in [6.45, 7) is 0.993. The summed E-state index contributed by atoms with van der Waals surface area (Å²) in [5.41, 5.74) is 18.7. The highest BCUT2D eigenvalue weighted by molar-refractivity contribution is 6.07. The molecule has 14 heteroatoms. The molecule has 6 rings (SSSR count). The summed E-state index contributed by atoms with van der Waals surface area (Å²) >= 11 is 0. The van der Waals surface area contributed by atoms with Gasteiger partial charge in [-0.2, -0.15) is 0 Å². The number of amides is 2. The Morgan fingerprint density at radius 3 is 2.11 bits per heavy atom. The van der Waals surface area contributed by atoms with Crippen LogP contribution in [0.5, 0.6) is 0 Å². The number of carbonyl (C=O) groups excluding carboxylic acids is 2. The zero-order valence-corrected chi connectivity index (χ0v) is 30.5. The molecule has 0 bridgehead atoms. The molecule has 0 aliphatic heterocycles. The summed E-state index contributed by atoms with van der Waals surface area (Å²) in [5, 5.41) is 22.8. The van der Waals surface area contributed by atoms with Gasteiger partial charge >= 0.3 is 0 Å². The van der Waals surface area contributed by atoms with Crippen LogP contribution in [0.4, 0.5) is 40.2 Å². The quantitative estimate of drug-likeness (QED) is 0.0259. The first-order valence-corrected chi connectivity index (χ1v) is 17.7. The van der Waals surface area contributed by atoms with Crippen LogP contribution in [-0.2, 0) is 16.1 Å². The Morgan fingerprint density at radius 2 is 1.40 bits per heavy atom. The number of hydrogen-bond donors (Lipinski definition) is 6. The summed E-state index contributed by atoms with van der Waals surface area (Å²) in [6.07, 6.45) is 14.8. The van der Waals surface area contributed by atoms with Gasteiger partial charge in [-0.1, -0.05) is 72.8 Å². The molecule has 6 aromatic rings. The van der Waals surface area contributed by atoms with Gasteiger partial charge in [-0.25, -0.2) is 15.0 Å². The van der Waals surface area contributed by atoms with Crippen LogP contribution in [0.3, 0.4) is 0 Å². The fourth-order valence-corrected chi connectivity index (χ4v) is 5.44. The SMILES string of the molecule is Nc1cc(-c2cccc(N)c2NC(=O)/C=C/c2cnc(NCc3ccc([N+](=O)[O-])cc3)nc2)ccc1NC(=O)/C=C/c1ccc(NC/C=C/c2ccccc2)nc1. The molecule has 284 valence electrons. The van der Waals surface area contributed by atoms with Crippen LogP contribution < -0.4 is 32.7 Å². The van der Waals surface area contributed by atoms with Crippen molar-refractivity contribution in [2.45, 2.75) is 6.54 Å². The second-order valence-electron chi connectivity index (χ2n) is 12.5. The van der Waals surface area contributed by atoms with Gasteiger partial charge in [0.05, 0.1) is 27.7 Å².